The van der Waals surface area contributed by atoms with Gasteiger partial charge in [-0.2, -0.15) is 0 Å². The molecule has 0 saturated heterocycles. The van der Waals surface area contributed by atoms with Crippen LogP contribution in [0, 0.1) is 5.82 Å². The van der Waals surface area contributed by atoms with Crippen LogP contribution in [0.4, 0.5) is 10.1 Å². The van der Waals surface area contributed by atoms with Crippen LogP contribution in [0.3, 0.4) is 0 Å². The predicted molar refractivity (Wildman–Crippen MR) is 70.4 cm³/mol. The summed E-state index contributed by atoms with van der Waals surface area (Å²) in [6, 6.07) is 5.69. The Bertz CT molecular complexity index is 415. The summed E-state index contributed by atoms with van der Waals surface area (Å²) in [4.78, 5) is 13.4. The lowest BCUT2D eigenvalue weighted by atomic mass is 10.3. The number of halogens is 1. The molecule has 2 N–H and O–H groups in total. The van der Waals surface area contributed by atoms with Gasteiger partial charge in [-0.3, -0.25) is 9.69 Å². The highest BCUT2D eigenvalue weighted by Crippen LogP contribution is 2.08. The number of anilines is 1. The summed E-state index contributed by atoms with van der Waals surface area (Å²) in [5.41, 5.74) is 0.413. The molecule has 1 aromatic carbocycles. The number of aliphatic hydroxyl groups is 1. The predicted octanol–water partition coefficient (Wildman–Crippen LogP) is 0.703. The summed E-state index contributed by atoms with van der Waals surface area (Å²) in [7, 11) is 3.21. The third-order valence-electron chi connectivity index (χ3n) is 2.40. The van der Waals surface area contributed by atoms with E-state index in [-0.39, 0.29) is 19.1 Å². The first-order chi connectivity index (χ1) is 9.01. The molecule has 1 atom stereocenters. The van der Waals surface area contributed by atoms with Crippen molar-refractivity contribution in [2.75, 3.05) is 39.2 Å². The Morgan fingerprint density at radius 1 is 1.58 bits per heavy atom. The summed E-state index contributed by atoms with van der Waals surface area (Å²) in [5, 5.41) is 12.1. The van der Waals surface area contributed by atoms with E-state index in [2.05, 4.69) is 5.32 Å². The lowest BCUT2D eigenvalue weighted by Gasteiger charge is -2.19. The summed E-state index contributed by atoms with van der Waals surface area (Å²) >= 11 is 0. The Labute approximate surface area is 112 Å². The topological polar surface area (TPSA) is 61.8 Å². The maximum atomic E-state index is 12.9. The van der Waals surface area contributed by atoms with Crippen molar-refractivity contribution in [1.29, 1.82) is 0 Å². The minimum atomic E-state index is -0.642. The number of hydrogen-bond donors (Lipinski definition) is 2. The van der Waals surface area contributed by atoms with Crippen molar-refractivity contribution in [3.63, 3.8) is 0 Å². The summed E-state index contributed by atoms with van der Waals surface area (Å²) in [5.74, 6) is -0.667. The SMILES string of the molecule is COCC(O)CN(C)CC(=O)Nc1cccc(F)c1. The van der Waals surface area contributed by atoms with Gasteiger partial charge in [0, 0.05) is 19.3 Å². The fraction of sp³-hybridized carbons (Fsp3) is 0.462. The molecule has 0 radical (unpaired) electrons. The normalized spacial score (nSPS) is 12.5. The van der Waals surface area contributed by atoms with Crippen LogP contribution in [0.15, 0.2) is 24.3 Å². The first-order valence-electron chi connectivity index (χ1n) is 5.92. The Morgan fingerprint density at radius 2 is 2.32 bits per heavy atom. The van der Waals surface area contributed by atoms with Crippen LogP contribution in [0.25, 0.3) is 0 Å². The minimum Gasteiger partial charge on any atom is -0.389 e. The number of carbonyl (C=O) groups is 1. The number of nitrogens with zero attached hydrogens (tertiary/aromatic N) is 1. The average Bonchev–Trinajstić information content (AvgIpc) is 2.28. The van der Waals surface area contributed by atoms with Gasteiger partial charge < -0.3 is 15.2 Å². The van der Waals surface area contributed by atoms with Crippen molar-refractivity contribution in [1.82, 2.24) is 4.90 Å². The Kier molecular flexibility index (Phi) is 6.41. The molecule has 0 aliphatic heterocycles. The molecular weight excluding hydrogens is 251 g/mol. The van der Waals surface area contributed by atoms with Crippen LogP contribution in [-0.2, 0) is 9.53 Å². The van der Waals surface area contributed by atoms with Crippen LogP contribution < -0.4 is 5.32 Å². The molecule has 0 aromatic heterocycles. The van der Waals surface area contributed by atoms with Gasteiger partial charge in [-0.25, -0.2) is 4.39 Å². The number of amides is 1. The van der Waals surface area contributed by atoms with Gasteiger partial charge >= 0.3 is 0 Å². The van der Waals surface area contributed by atoms with E-state index in [1.165, 1.54) is 25.3 Å². The van der Waals surface area contributed by atoms with Crippen LogP contribution in [0.1, 0.15) is 0 Å². The van der Waals surface area contributed by atoms with E-state index in [9.17, 15) is 14.3 Å². The van der Waals surface area contributed by atoms with Gasteiger partial charge in [-0.15, -0.1) is 0 Å². The van der Waals surface area contributed by atoms with Crippen molar-refractivity contribution in [3.05, 3.63) is 30.1 Å². The second kappa shape index (κ2) is 7.83. The fourth-order valence-electron chi connectivity index (χ4n) is 1.68. The highest BCUT2D eigenvalue weighted by Gasteiger charge is 2.11. The number of methoxy groups -OCH3 is 1. The second-order valence-electron chi connectivity index (χ2n) is 4.36. The third kappa shape index (κ3) is 6.28. The molecule has 19 heavy (non-hydrogen) atoms. The molecule has 0 fully saturated rings. The zero-order valence-corrected chi connectivity index (χ0v) is 11.1. The number of rotatable bonds is 7. The van der Waals surface area contributed by atoms with E-state index >= 15 is 0 Å². The molecule has 0 heterocycles. The van der Waals surface area contributed by atoms with E-state index in [0.717, 1.165) is 0 Å². The van der Waals surface area contributed by atoms with Gasteiger partial charge in [-0.05, 0) is 25.2 Å². The van der Waals surface area contributed by atoms with E-state index < -0.39 is 11.9 Å². The Balaban J connectivity index is 2.38. The quantitative estimate of drug-likeness (QED) is 0.766. The smallest absolute Gasteiger partial charge is 0.238 e. The van der Waals surface area contributed by atoms with Crippen LogP contribution >= 0.6 is 0 Å². The minimum absolute atomic E-state index is 0.108. The van der Waals surface area contributed by atoms with E-state index in [1.807, 2.05) is 0 Å². The van der Waals surface area contributed by atoms with Crippen molar-refractivity contribution in [3.8, 4) is 0 Å². The molecule has 5 nitrogen and oxygen atoms in total. The Hall–Kier alpha value is -1.50. The van der Waals surface area contributed by atoms with Crippen LogP contribution in [0.5, 0.6) is 0 Å². The number of hydrogen-bond acceptors (Lipinski definition) is 4. The lowest BCUT2D eigenvalue weighted by Crippen LogP contribution is -2.37. The summed E-state index contributed by atoms with van der Waals surface area (Å²) in [6.45, 7) is 0.650. The molecule has 1 rings (SSSR count). The Morgan fingerprint density at radius 3 is 2.95 bits per heavy atom. The zero-order valence-electron chi connectivity index (χ0n) is 11.1. The number of nitrogens with one attached hydrogen (secondary N) is 1. The first-order valence-corrected chi connectivity index (χ1v) is 5.92. The third-order valence-corrected chi connectivity index (χ3v) is 2.40. The van der Waals surface area contributed by atoms with E-state index in [1.54, 1.807) is 18.0 Å². The molecule has 0 aliphatic carbocycles. The molecule has 1 aromatic rings. The van der Waals surface area contributed by atoms with Gasteiger partial charge in [0.1, 0.15) is 5.82 Å². The van der Waals surface area contributed by atoms with Crippen LogP contribution in [-0.4, -0.2) is 55.9 Å². The van der Waals surface area contributed by atoms with Crippen LogP contribution in [0.2, 0.25) is 0 Å². The highest BCUT2D eigenvalue weighted by molar-refractivity contribution is 5.92. The van der Waals surface area contributed by atoms with Gasteiger partial charge in [0.2, 0.25) is 5.91 Å². The van der Waals surface area contributed by atoms with Gasteiger partial charge in [-0.1, -0.05) is 6.07 Å². The van der Waals surface area contributed by atoms with Crippen molar-refractivity contribution >= 4 is 11.6 Å². The number of carbonyl (C=O) groups excluding carboxylic acids is 1. The first kappa shape index (κ1) is 15.6. The van der Waals surface area contributed by atoms with Gasteiger partial charge in [0.25, 0.3) is 0 Å². The maximum Gasteiger partial charge on any atom is 0.238 e. The standard InChI is InChI=1S/C13H19FN2O3/c1-16(7-12(17)9-19-2)8-13(18)15-11-5-3-4-10(14)6-11/h3-6,12,17H,7-9H2,1-2H3,(H,15,18). The average molecular weight is 270 g/mol. The zero-order chi connectivity index (χ0) is 14.3. The summed E-state index contributed by atoms with van der Waals surface area (Å²) < 4.78 is 17.7. The molecule has 0 spiro atoms. The van der Waals surface area contributed by atoms with Crippen molar-refractivity contribution in [2.45, 2.75) is 6.10 Å². The van der Waals surface area contributed by atoms with E-state index in [0.29, 0.717) is 12.2 Å². The van der Waals surface area contributed by atoms with Crippen molar-refractivity contribution < 1.29 is 19.0 Å². The monoisotopic (exact) mass is 270 g/mol. The number of aliphatic hydroxyl groups excluding tert-OH is 1. The molecular formula is C13H19FN2O3. The van der Waals surface area contributed by atoms with E-state index in [4.69, 9.17) is 4.74 Å². The largest absolute Gasteiger partial charge is 0.389 e. The number of benzene rings is 1. The number of ether oxygens (including phenoxy) is 1. The van der Waals surface area contributed by atoms with Gasteiger partial charge in [0.15, 0.2) is 0 Å². The molecule has 6 heteroatoms. The molecule has 0 bridgehead atoms. The fourth-order valence-corrected chi connectivity index (χ4v) is 1.68. The lowest BCUT2D eigenvalue weighted by molar-refractivity contribution is -0.117. The molecule has 1 amide bonds. The summed E-state index contributed by atoms with van der Waals surface area (Å²) in [6.07, 6.45) is -0.642. The van der Waals surface area contributed by atoms with Gasteiger partial charge in [0.05, 0.1) is 19.3 Å². The number of likely N-dealkylation sites (N-methyl/N-ethyl adjacent to an activating group) is 1. The van der Waals surface area contributed by atoms with Crippen molar-refractivity contribution in [2.24, 2.45) is 0 Å². The molecule has 0 saturated carbocycles. The molecule has 0 aliphatic rings. The second-order valence-corrected chi connectivity index (χ2v) is 4.36. The molecule has 106 valence electrons. The maximum absolute atomic E-state index is 12.9. The molecule has 1 unspecified atom stereocenters. The highest BCUT2D eigenvalue weighted by atomic mass is 19.1.